The number of hydrogen-bond donors (Lipinski definition) is 1. The van der Waals surface area contributed by atoms with Crippen LogP contribution in [0.3, 0.4) is 0 Å². The summed E-state index contributed by atoms with van der Waals surface area (Å²) in [6.07, 6.45) is 0.402. The molecule has 0 aliphatic carbocycles. The molecule has 4 rings (SSSR count). The number of aryl methyl sites for hydroxylation is 1. The van der Waals surface area contributed by atoms with E-state index in [4.69, 9.17) is 9.15 Å². The first-order valence-electron chi connectivity index (χ1n) is 9.30. The third kappa shape index (κ3) is 5.20. The van der Waals surface area contributed by atoms with Crippen molar-refractivity contribution >= 4 is 28.3 Å². The quantitative estimate of drug-likeness (QED) is 0.332. The number of nitrogens with one attached hydrogen (secondary N) is 1. The van der Waals surface area contributed by atoms with Crippen molar-refractivity contribution in [3.05, 3.63) is 83.3 Å². The number of nitrogens with zero attached hydrogens (tertiary/aromatic N) is 2. The molecule has 156 valence electrons. The normalized spacial score (nSPS) is 10.6. The fourth-order valence-electron chi connectivity index (χ4n) is 2.80. The van der Waals surface area contributed by atoms with Crippen LogP contribution in [0.4, 0.5) is 9.52 Å². The summed E-state index contributed by atoms with van der Waals surface area (Å²) >= 11 is 1.21. The fraction of sp³-hybridized carbons (Fsp3) is 0.0909. The van der Waals surface area contributed by atoms with Gasteiger partial charge in [0.15, 0.2) is 0 Å². The monoisotopic (exact) mass is 437 g/mol. The number of aromatic nitrogens is 2. The molecule has 0 aliphatic rings. The lowest BCUT2D eigenvalue weighted by Crippen LogP contribution is -2.12. The zero-order valence-electron chi connectivity index (χ0n) is 16.1. The van der Waals surface area contributed by atoms with Crippen LogP contribution in [0.2, 0.25) is 0 Å². The minimum atomic E-state index is -0.449. The van der Waals surface area contributed by atoms with Crippen LogP contribution in [0.1, 0.15) is 22.5 Å². The zero-order valence-corrected chi connectivity index (χ0v) is 16.9. The van der Waals surface area contributed by atoms with E-state index in [0.29, 0.717) is 39.9 Å². The van der Waals surface area contributed by atoms with E-state index in [-0.39, 0.29) is 18.1 Å². The molecule has 2 aromatic heterocycles. The van der Waals surface area contributed by atoms with Gasteiger partial charge in [0.1, 0.15) is 28.6 Å². The number of esters is 1. The molecule has 0 saturated carbocycles. The number of hydrogen-bond acceptors (Lipinski definition) is 7. The number of amides is 1. The SMILES string of the molecule is O=C(CCc1ccc(-c2ccccc2F)o1)Oc1ccc(C(=O)Nc2nncs2)cc1. The number of rotatable bonds is 7. The van der Waals surface area contributed by atoms with Gasteiger partial charge >= 0.3 is 5.97 Å². The van der Waals surface area contributed by atoms with Gasteiger partial charge < -0.3 is 9.15 Å². The van der Waals surface area contributed by atoms with Crippen molar-refractivity contribution in [1.82, 2.24) is 10.2 Å². The maximum absolute atomic E-state index is 13.8. The average molecular weight is 437 g/mol. The number of ether oxygens (including phenoxy) is 1. The maximum Gasteiger partial charge on any atom is 0.311 e. The van der Waals surface area contributed by atoms with Gasteiger partial charge in [-0.25, -0.2) is 4.39 Å². The Morgan fingerprint density at radius 2 is 1.87 bits per heavy atom. The van der Waals surface area contributed by atoms with Crippen molar-refractivity contribution in [3.63, 3.8) is 0 Å². The Balaban J connectivity index is 1.29. The van der Waals surface area contributed by atoms with Crippen LogP contribution in [0.25, 0.3) is 11.3 Å². The van der Waals surface area contributed by atoms with E-state index < -0.39 is 5.97 Å². The number of carbonyl (C=O) groups is 2. The highest BCUT2D eigenvalue weighted by Gasteiger charge is 2.12. The molecule has 7 nitrogen and oxygen atoms in total. The Hall–Kier alpha value is -3.85. The fourth-order valence-corrected chi connectivity index (χ4v) is 3.24. The first-order valence-corrected chi connectivity index (χ1v) is 10.2. The largest absolute Gasteiger partial charge is 0.461 e. The average Bonchev–Trinajstić information content (AvgIpc) is 3.45. The number of benzene rings is 2. The first-order chi connectivity index (χ1) is 15.1. The van der Waals surface area contributed by atoms with Crippen molar-refractivity contribution in [2.24, 2.45) is 0 Å². The molecule has 0 fully saturated rings. The first kappa shape index (κ1) is 20.4. The zero-order chi connectivity index (χ0) is 21.6. The second kappa shape index (κ2) is 9.31. The topological polar surface area (TPSA) is 94.3 Å². The molecule has 1 amide bonds. The van der Waals surface area contributed by atoms with Gasteiger partial charge in [0.25, 0.3) is 5.91 Å². The third-order valence-electron chi connectivity index (χ3n) is 4.31. The molecule has 0 bridgehead atoms. The van der Waals surface area contributed by atoms with E-state index >= 15 is 0 Å². The summed E-state index contributed by atoms with van der Waals surface area (Å²) in [6.45, 7) is 0. The predicted octanol–water partition coefficient (Wildman–Crippen LogP) is 4.73. The van der Waals surface area contributed by atoms with E-state index in [0.717, 1.165) is 0 Å². The van der Waals surface area contributed by atoms with E-state index in [1.54, 1.807) is 42.5 Å². The van der Waals surface area contributed by atoms with Crippen LogP contribution in [-0.2, 0) is 11.2 Å². The second-order valence-corrected chi connectivity index (χ2v) is 7.28. The molecule has 0 saturated heterocycles. The van der Waals surface area contributed by atoms with Gasteiger partial charge in [-0.15, -0.1) is 10.2 Å². The second-order valence-electron chi connectivity index (χ2n) is 6.44. The minimum Gasteiger partial charge on any atom is -0.461 e. The molecule has 0 unspecified atom stereocenters. The van der Waals surface area contributed by atoms with Crippen molar-refractivity contribution in [2.45, 2.75) is 12.8 Å². The Kier molecular flexibility index (Phi) is 6.13. The lowest BCUT2D eigenvalue weighted by Gasteiger charge is -2.05. The molecule has 2 heterocycles. The molecule has 0 atom stereocenters. The Bertz CT molecular complexity index is 1190. The Morgan fingerprint density at radius 1 is 1.06 bits per heavy atom. The van der Waals surface area contributed by atoms with Gasteiger partial charge in [-0.05, 0) is 48.5 Å². The highest BCUT2D eigenvalue weighted by molar-refractivity contribution is 7.13. The summed E-state index contributed by atoms with van der Waals surface area (Å²) in [5, 5.41) is 10.4. The van der Waals surface area contributed by atoms with Crippen molar-refractivity contribution in [3.8, 4) is 17.1 Å². The summed E-state index contributed by atoms with van der Waals surface area (Å²) < 4.78 is 24.8. The molecule has 0 spiro atoms. The van der Waals surface area contributed by atoms with Gasteiger partial charge in [0.05, 0.1) is 12.0 Å². The van der Waals surface area contributed by atoms with Crippen LogP contribution in [-0.4, -0.2) is 22.1 Å². The molecular weight excluding hydrogens is 421 g/mol. The highest BCUT2D eigenvalue weighted by Crippen LogP contribution is 2.25. The van der Waals surface area contributed by atoms with Gasteiger partial charge in [-0.2, -0.15) is 0 Å². The maximum atomic E-state index is 13.8. The summed E-state index contributed by atoms with van der Waals surface area (Å²) in [5.41, 5.74) is 2.28. The van der Waals surface area contributed by atoms with Crippen molar-refractivity contribution in [2.75, 3.05) is 5.32 Å². The number of anilines is 1. The van der Waals surface area contributed by atoms with Gasteiger partial charge in [0, 0.05) is 12.0 Å². The minimum absolute atomic E-state index is 0.0868. The van der Waals surface area contributed by atoms with Crippen LogP contribution in [0.5, 0.6) is 5.75 Å². The molecule has 31 heavy (non-hydrogen) atoms. The Morgan fingerprint density at radius 3 is 2.61 bits per heavy atom. The molecule has 0 aliphatic heterocycles. The highest BCUT2D eigenvalue weighted by atomic mass is 32.1. The van der Waals surface area contributed by atoms with Crippen molar-refractivity contribution in [1.29, 1.82) is 0 Å². The smallest absolute Gasteiger partial charge is 0.311 e. The van der Waals surface area contributed by atoms with Crippen LogP contribution < -0.4 is 10.1 Å². The number of carbonyl (C=O) groups excluding carboxylic acids is 2. The Labute approximate surface area is 180 Å². The lowest BCUT2D eigenvalue weighted by molar-refractivity contribution is -0.134. The van der Waals surface area contributed by atoms with Crippen LogP contribution in [0, 0.1) is 5.82 Å². The molecule has 1 N–H and O–H groups in total. The van der Waals surface area contributed by atoms with Crippen LogP contribution >= 0.6 is 11.3 Å². The molecule has 9 heteroatoms. The van der Waals surface area contributed by atoms with Gasteiger partial charge in [-0.3, -0.25) is 14.9 Å². The standard InChI is InChI=1S/C22H16FN3O4S/c23-18-4-2-1-3-17(18)19-11-9-15(29-19)10-12-20(27)30-16-7-5-14(6-8-16)21(28)25-22-26-24-13-31-22/h1-9,11,13H,10,12H2,(H,25,26,28). The van der Waals surface area contributed by atoms with Gasteiger partial charge in [0.2, 0.25) is 5.13 Å². The van der Waals surface area contributed by atoms with E-state index in [1.165, 1.54) is 35.0 Å². The van der Waals surface area contributed by atoms with E-state index in [9.17, 15) is 14.0 Å². The summed E-state index contributed by atoms with van der Waals surface area (Å²) in [6, 6.07) is 15.9. The molecule has 0 radical (unpaired) electrons. The molecule has 4 aromatic rings. The summed E-state index contributed by atoms with van der Waals surface area (Å²) in [5.74, 6) is 0.128. The van der Waals surface area contributed by atoms with Gasteiger partial charge in [-0.1, -0.05) is 23.5 Å². The summed E-state index contributed by atoms with van der Waals surface area (Å²) in [4.78, 5) is 24.2. The van der Waals surface area contributed by atoms with Crippen molar-refractivity contribution < 1.29 is 23.1 Å². The van der Waals surface area contributed by atoms with E-state index in [2.05, 4.69) is 15.5 Å². The molecule has 2 aromatic carbocycles. The lowest BCUT2D eigenvalue weighted by atomic mass is 10.1. The third-order valence-corrected chi connectivity index (χ3v) is 4.91. The van der Waals surface area contributed by atoms with Crippen LogP contribution in [0.15, 0.2) is 70.6 Å². The predicted molar refractivity (Wildman–Crippen MR) is 112 cm³/mol. The van der Waals surface area contributed by atoms with E-state index in [1.807, 2.05) is 0 Å². The summed E-state index contributed by atoms with van der Waals surface area (Å²) in [7, 11) is 0. The number of furan rings is 1. The number of halogens is 1. The molecular formula is C22H16FN3O4S.